The molecule has 150 valence electrons. The number of hydrogen-bond acceptors (Lipinski definition) is 8. The summed E-state index contributed by atoms with van der Waals surface area (Å²) in [6, 6.07) is 12.6. The van der Waals surface area contributed by atoms with Crippen LogP contribution in [0.2, 0.25) is 0 Å². The van der Waals surface area contributed by atoms with Crippen LogP contribution in [-0.2, 0) is 13.0 Å². The molecular weight excluding hydrogens is 372 g/mol. The van der Waals surface area contributed by atoms with Crippen molar-refractivity contribution in [2.45, 2.75) is 20.0 Å². The van der Waals surface area contributed by atoms with Gasteiger partial charge in [-0.15, -0.1) is 0 Å². The number of methoxy groups -OCH3 is 1. The van der Waals surface area contributed by atoms with Crippen LogP contribution in [0.15, 0.2) is 42.5 Å². The minimum atomic E-state index is -0.614. The van der Waals surface area contributed by atoms with Gasteiger partial charge in [-0.2, -0.15) is 15.0 Å². The van der Waals surface area contributed by atoms with Crippen LogP contribution in [0.3, 0.4) is 0 Å². The van der Waals surface area contributed by atoms with Crippen LogP contribution < -0.4 is 26.3 Å². The van der Waals surface area contributed by atoms with E-state index in [0.29, 0.717) is 17.5 Å². The minimum absolute atomic E-state index is 0.0374. The molecule has 0 radical (unpaired) electrons. The van der Waals surface area contributed by atoms with Gasteiger partial charge in [-0.1, -0.05) is 25.1 Å². The van der Waals surface area contributed by atoms with Gasteiger partial charge in [0.25, 0.3) is 5.91 Å². The Kier molecular flexibility index (Phi) is 6.08. The number of para-hydroxylation sites is 1. The van der Waals surface area contributed by atoms with Gasteiger partial charge >= 0.3 is 0 Å². The number of ether oxygens (including phenoxy) is 2. The number of aryl methyl sites for hydroxylation is 1. The van der Waals surface area contributed by atoms with Gasteiger partial charge in [0.05, 0.1) is 12.7 Å². The number of carbonyl (C=O) groups is 1. The van der Waals surface area contributed by atoms with Gasteiger partial charge in [0.1, 0.15) is 18.1 Å². The molecule has 0 fully saturated rings. The number of hydrogen-bond donors (Lipinski definition) is 3. The lowest BCUT2D eigenvalue weighted by atomic mass is 10.1. The van der Waals surface area contributed by atoms with Crippen molar-refractivity contribution in [3.63, 3.8) is 0 Å². The number of rotatable bonds is 8. The van der Waals surface area contributed by atoms with Gasteiger partial charge in [-0.3, -0.25) is 4.79 Å². The maximum absolute atomic E-state index is 11.6. The third kappa shape index (κ3) is 4.89. The highest BCUT2D eigenvalue weighted by Crippen LogP contribution is 2.25. The quantitative estimate of drug-likeness (QED) is 0.529. The fourth-order valence-electron chi connectivity index (χ4n) is 2.72. The Morgan fingerprint density at radius 1 is 1.14 bits per heavy atom. The molecule has 1 aromatic heterocycles. The molecule has 0 aliphatic rings. The summed E-state index contributed by atoms with van der Waals surface area (Å²) in [5, 5.41) is 3.16. The zero-order valence-electron chi connectivity index (χ0n) is 16.2. The van der Waals surface area contributed by atoms with E-state index in [4.69, 9.17) is 20.9 Å². The number of aromatic nitrogens is 3. The average Bonchev–Trinajstić information content (AvgIpc) is 2.72. The lowest BCUT2D eigenvalue weighted by molar-refractivity contribution is 0.0995. The molecule has 0 aliphatic carbocycles. The minimum Gasteiger partial charge on any atom is -0.497 e. The number of anilines is 3. The lowest BCUT2D eigenvalue weighted by Crippen LogP contribution is -2.14. The number of amides is 1. The highest BCUT2D eigenvalue weighted by molar-refractivity contribution is 5.95. The molecule has 0 unspecified atom stereocenters. The number of benzene rings is 2. The Morgan fingerprint density at radius 3 is 2.66 bits per heavy atom. The summed E-state index contributed by atoms with van der Waals surface area (Å²) < 4.78 is 10.9. The van der Waals surface area contributed by atoms with Gasteiger partial charge in [-0.05, 0) is 30.2 Å². The van der Waals surface area contributed by atoms with Crippen molar-refractivity contribution < 1.29 is 14.3 Å². The molecule has 5 N–H and O–H groups in total. The third-order valence-corrected chi connectivity index (χ3v) is 4.15. The van der Waals surface area contributed by atoms with Crippen molar-refractivity contribution in [1.82, 2.24) is 15.0 Å². The number of primary amides is 1. The Balaban J connectivity index is 1.82. The molecule has 0 saturated heterocycles. The SMILES string of the molecule is CCc1ccccc1Nc1nc(N)nc(COc2cc(OC)ccc2C(N)=O)n1. The number of nitrogens with one attached hydrogen (secondary N) is 1. The molecule has 0 aliphatic heterocycles. The molecule has 0 saturated carbocycles. The number of nitrogen functional groups attached to an aromatic ring is 1. The molecule has 0 spiro atoms. The second-order valence-corrected chi connectivity index (χ2v) is 6.08. The van der Waals surface area contributed by atoms with Crippen molar-refractivity contribution in [1.29, 1.82) is 0 Å². The molecule has 9 heteroatoms. The molecule has 0 atom stereocenters. The van der Waals surface area contributed by atoms with Crippen LogP contribution in [0.4, 0.5) is 17.6 Å². The fraction of sp³-hybridized carbons (Fsp3) is 0.200. The summed E-state index contributed by atoms with van der Waals surface area (Å²) in [5.74, 6) is 0.831. The number of nitrogens with two attached hydrogens (primary N) is 2. The molecule has 3 aromatic rings. The molecule has 2 aromatic carbocycles. The largest absolute Gasteiger partial charge is 0.497 e. The highest BCUT2D eigenvalue weighted by atomic mass is 16.5. The third-order valence-electron chi connectivity index (χ3n) is 4.15. The first kappa shape index (κ1) is 19.9. The molecular formula is C20H22N6O3. The van der Waals surface area contributed by atoms with Crippen LogP contribution in [0.5, 0.6) is 11.5 Å². The molecule has 9 nitrogen and oxygen atoms in total. The Bertz CT molecular complexity index is 1020. The van der Waals surface area contributed by atoms with Crippen molar-refractivity contribution in [2.75, 3.05) is 18.2 Å². The van der Waals surface area contributed by atoms with Crippen LogP contribution in [0.25, 0.3) is 0 Å². The van der Waals surface area contributed by atoms with Crippen molar-refractivity contribution in [3.8, 4) is 11.5 Å². The van der Waals surface area contributed by atoms with E-state index in [0.717, 1.165) is 17.7 Å². The number of nitrogens with zero attached hydrogens (tertiary/aromatic N) is 3. The van der Waals surface area contributed by atoms with Crippen molar-refractivity contribution in [2.24, 2.45) is 5.73 Å². The van der Waals surface area contributed by atoms with Crippen LogP contribution >= 0.6 is 0 Å². The first-order valence-corrected chi connectivity index (χ1v) is 8.96. The Hall–Kier alpha value is -3.88. The van der Waals surface area contributed by atoms with Gasteiger partial charge in [-0.25, -0.2) is 0 Å². The van der Waals surface area contributed by atoms with Gasteiger partial charge in [0, 0.05) is 11.8 Å². The molecule has 29 heavy (non-hydrogen) atoms. The predicted octanol–water partition coefficient (Wildman–Crippen LogP) is 2.45. The maximum atomic E-state index is 11.6. The van der Waals surface area contributed by atoms with E-state index >= 15 is 0 Å². The normalized spacial score (nSPS) is 10.4. The zero-order chi connectivity index (χ0) is 20.8. The summed E-state index contributed by atoms with van der Waals surface area (Å²) >= 11 is 0. The Labute approximate surface area is 168 Å². The molecule has 0 bridgehead atoms. The molecule has 1 amide bonds. The van der Waals surface area contributed by atoms with E-state index in [1.165, 1.54) is 13.2 Å². The first-order valence-electron chi connectivity index (χ1n) is 8.96. The smallest absolute Gasteiger partial charge is 0.252 e. The summed E-state index contributed by atoms with van der Waals surface area (Å²) in [6.45, 7) is 2.02. The second kappa shape index (κ2) is 8.87. The fourth-order valence-corrected chi connectivity index (χ4v) is 2.72. The predicted molar refractivity (Wildman–Crippen MR) is 109 cm³/mol. The topological polar surface area (TPSA) is 138 Å². The van der Waals surface area contributed by atoms with E-state index in [1.807, 2.05) is 24.3 Å². The van der Waals surface area contributed by atoms with Crippen LogP contribution in [0.1, 0.15) is 28.7 Å². The van der Waals surface area contributed by atoms with Crippen molar-refractivity contribution in [3.05, 3.63) is 59.4 Å². The van der Waals surface area contributed by atoms with Crippen molar-refractivity contribution >= 4 is 23.5 Å². The van der Waals surface area contributed by atoms with E-state index in [2.05, 4.69) is 27.2 Å². The highest BCUT2D eigenvalue weighted by Gasteiger charge is 2.13. The average molecular weight is 394 g/mol. The molecule has 1 heterocycles. The van der Waals surface area contributed by atoms with Gasteiger partial charge < -0.3 is 26.3 Å². The van der Waals surface area contributed by atoms with Gasteiger partial charge in [0.2, 0.25) is 11.9 Å². The maximum Gasteiger partial charge on any atom is 0.252 e. The number of carbonyl (C=O) groups excluding carboxylic acids is 1. The summed E-state index contributed by atoms with van der Waals surface area (Å²) in [7, 11) is 1.52. The zero-order valence-corrected chi connectivity index (χ0v) is 16.2. The Morgan fingerprint density at radius 2 is 1.93 bits per heavy atom. The lowest BCUT2D eigenvalue weighted by Gasteiger charge is -2.12. The van der Waals surface area contributed by atoms with E-state index in [-0.39, 0.29) is 23.9 Å². The summed E-state index contributed by atoms with van der Waals surface area (Å²) in [4.78, 5) is 24.2. The van der Waals surface area contributed by atoms with E-state index in [1.54, 1.807) is 12.1 Å². The van der Waals surface area contributed by atoms with E-state index < -0.39 is 5.91 Å². The standard InChI is InChI=1S/C20H22N6O3/c1-3-12-6-4-5-7-15(12)23-20-25-17(24-19(22)26-20)11-29-16-10-13(28-2)8-9-14(16)18(21)27/h4-10H,3,11H2,1-2H3,(H2,21,27)(H3,22,23,24,25,26). The van der Waals surface area contributed by atoms with E-state index in [9.17, 15) is 4.79 Å². The first-order chi connectivity index (χ1) is 14.0. The monoisotopic (exact) mass is 394 g/mol. The van der Waals surface area contributed by atoms with Crippen LogP contribution in [-0.4, -0.2) is 28.0 Å². The summed E-state index contributed by atoms with van der Waals surface area (Å²) in [5.41, 5.74) is 13.5. The second-order valence-electron chi connectivity index (χ2n) is 6.08. The van der Waals surface area contributed by atoms with Crippen LogP contribution in [0, 0.1) is 0 Å². The molecule has 3 rings (SSSR count). The van der Waals surface area contributed by atoms with Gasteiger partial charge in [0.15, 0.2) is 5.82 Å². The summed E-state index contributed by atoms with van der Waals surface area (Å²) in [6.07, 6.45) is 0.853.